The van der Waals surface area contributed by atoms with Crippen molar-refractivity contribution in [3.05, 3.63) is 54.1 Å². The van der Waals surface area contributed by atoms with Gasteiger partial charge in [0.1, 0.15) is 5.52 Å². The fourth-order valence-electron chi connectivity index (χ4n) is 2.39. The highest BCUT2D eigenvalue weighted by molar-refractivity contribution is 5.76. The van der Waals surface area contributed by atoms with Crippen molar-refractivity contribution >= 4 is 17.0 Å². The van der Waals surface area contributed by atoms with Crippen LogP contribution in [0.25, 0.3) is 22.6 Å². The molecule has 0 radical (unpaired) electrons. The molecule has 1 aromatic heterocycles. The summed E-state index contributed by atoms with van der Waals surface area (Å²) in [4.78, 5) is 16.1. The molecule has 0 saturated carbocycles. The fraction of sp³-hybridized carbons (Fsp3) is 0.263. The lowest BCUT2D eigenvalue weighted by Gasteiger charge is -2.05. The first-order valence-electron chi connectivity index (χ1n) is 7.98. The quantitative estimate of drug-likeness (QED) is 0.738. The molecule has 4 heteroatoms. The number of carbonyl (C=O) groups is 1. The highest BCUT2D eigenvalue weighted by atomic mass is 16.3. The molecule has 0 aliphatic carbocycles. The van der Waals surface area contributed by atoms with E-state index < -0.39 is 0 Å². The number of nitrogens with one attached hydrogen (secondary N) is 1. The molecule has 4 nitrogen and oxygen atoms in total. The zero-order valence-electron chi connectivity index (χ0n) is 13.2. The maximum Gasteiger partial charge on any atom is 0.227 e. The number of rotatable bonds is 6. The Bertz CT molecular complexity index is 757. The third kappa shape index (κ3) is 3.77. The summed E-state index contributed by atoms with van der Waals surface area (Å²) >= 11 is 0. The van der Waals surface area contributed by atoms with Gasteiger partial charge in [0.2, 0.25) is 11.8 Å². The molecule has 1 heterocycles. The molecule has 0 aliphatic heterocycles. The predicted octanol–water partition coefficient (Wildman–Crippen LogP) is 4.30. The van der Waals surface area contributed by atoms with Crippen LogP contribution in [0.4, 0.5) is 0 Å². The molecule has 118 valence electrons. The standard InChI is InChI=1S/C19H20N2O2/c1-2-3-8-18(22)20-13-14-9-11-15(12-10-14)19-21-16-6-4-5-7-17(16)23-19/h4-7,9-12H,2-3,8,13H2,1H3,(H,20,22). The first-order valence-corrected chi connectivity index (χ1v) is 7.98. The van der Waals surface area contributed by atoms with E-state index in [0.717, 1.165) is 35.1 Å². The summed E-state index contributed by atoms with van der Waals surface area (Å²) in [6.45, 7) is 2.63. The molecule has 23 heavy (non-hydrogen) atoms. The largest absolute Gasteiger partial charge is 0.436 e. The van der Waals surface area contributed by atoms with Crippen molar-refractivity contribution in [3.63, 3.8) is 0 Å². The van der Waals surface area contributed by atoms with E-state index in [0.29, 0.717) is 18.9 Å². The molecule has 1 amide bonds. The van der Waals surface area contributed by atoms with Crippen molar-refractivity contribution in [2.75, 3.05) is 0 Å². The SMILES string of the molecule is CCCCC(=O)NCc1ccc(-c2nc3ccccc3o2)cc1. The molecular formula is C19H20N2O2. The molecule has 3 rings (SSSR count). The Morgan fingerprint density at radius 1 is 1.13 bits per heavy atom. The van der Waals surface area contributed by atoms with Gasteiger partial charge in [-0.25, -0.2) is 4.98 Å². The van der Waals surface area contributed by atoms with Crippen molar-refractivity contribution < 1.29 is 9.21 Å². The Balaban J connectivity index is 1.66. The van der Waals surface area contributed by atoms with E-state index >= 15 is 0 Å². The molecule has 0 aliphatic rings. The van der Waals surface area contributed by atoms with Crippen LogP contribution in [0.5, 0.6) is 0 Å². The second kappa shape index (κ2) is 7.09. The Morgan fingerprint density at radius 2 is 1.91 bits per heavy atom. The lowest BCUT2D eigenvalue weighted by molar-refractivity contribution is -0.121. The van der Waals surface area contributed by atoms with Gasteiger partial charge in [-0.2, -0.15) is 0 Å². The van der Waals surface area contributed by atoms with Gasteiger partial charge in [-0.1, -0.05) is 37.6 Å². The first kappa shape index (κ1) is 15.3. The van der Waals surface area contributed by atoms with Crippen LogP contribution in [0.15, 0.2) is 52.9 Å². The van der Waals surface area contributed by atoms with Crippen LogP contribution in [0.2, 0.25) is 0 Å². The van der Waals surface area contributed by atoms with Gasteiger partial charge in [0, 0.05) is 18.5 Å². The molecule has 0 spiro atoms. The Kier molecular flexibility index (Phi) is 4.71. The number of amides is 1. The lowest BCUT2D eigenvalue weighted by Crippen LogP contribution is -2.22. The molecule has 0 unspecified atom stereocenters. The number of hydrogen-bond acceptors (Lipinski definition) is 3. The van der Waals surface area contributed by atoms with Crippen molar-refractivity contribution in [2.24, 2.45) is 0 Å². The summed E-state index contributed by atoms with van der Waals surface area (Å²) in [6.07, 6.45) is 2.56. The highest BCUT2D eigenvalue weighted by Gasteiger charge is 2.07. The predicted molar refractivity (Wildman–Crippen MR) is 90.8 cm³/mol. The third-order valence-corrected chi connectivity index (χ3v) is 3.74. The van der Waals surface area contributed by atoms with Crippen LogP contribution in [0.3, 0.4) is 0 Å². The number of carbonyl (C=O) groups excluding carboxylic acids is 1. The molecule has 0 atom stereocenters. The minimum Gasteiger partial charge on any atom is -0.436 e. The number of unbranched alkanes of at least 4 members (excludes halogenated alkanes) is 1. The van der Waals surface area contributed by atoms with Crippen LogP contribution in [-0.2, 0) is 11.3 Å². The fourth-order valence-corrected chi connectivity index (χ4v) is 2.39. The summed E-state index contributed by atoms with van der Waals surface area (Å²) in [5, 5.41) is 2.94. The Labute approximate surface area is 135 Å². The summed E-state index contributed by atoms with van der Waals surface area (Å²) < 4.78 is 5.76. The van der Waals surface area contributed by atoms with Crippen LogP contribution in [0.1, 0.15) is 31.7 Å². The average molecular weight is 308 g/mol. The molecule has 2 aromatic carbocycles. The van der Waals surface area contributed by atoms with E-state index in [1.165, 1.54) is 0 Å². The molecule has 3 aromatic rings. The topological polar surface area (TPSA) is 55.1 Å². The first-order chi connectivity index (χ1) is 11.3. The number of fused-ring (bicyclic) bond motifs is 1. The monoisotopic (exact) mass is 308 g/mol. The van der Waals surface area contributed by atoms with Gasteiger partial charge in [-0.15, -0.1) is 0 Å². The summed E-state index contributed by atoms with van der Waals surface area (Å²) in [6, 6.07) is 15.6. The second-order valence-corrected chi connectivity index (χ2v) is 5.56. The lowest BCUT2D eigenvalue weighted by atomic mass is 10.1. The Hall–Kier alpha value is -2.62. The average Bonchev–Trinajstić information content (AvgIpc) is 3.02. The van der Waals surface area contributed by atoms with Crippen LogP contribution < -0.4 is 5.32 Å². The number of aromatic nitrogens is 1. The second-order valence-electron chi connectivity index (χ2n) is 5.56. The summed E-state index contributed by atoms with van der Waals surface area (Å²) in [5.41, 5.74) is 3.64. The molecular weight excluding hydrogens is 288 g/mol. The van der Waals surface area contributed by atoms with E-state index in [-0.39, 0.29) is 5.91 Å². The van der Waals surface area contributed by atoms with Crippen LogP contribution in [0, 0.1) is 0 Å². The number of oxazole rings is 1. The van der Waals surface area contributed by atoms with E-state index in [4.69, 9.17) is 4.42 Å². The smallest absolute Gasteiger partial charge is 0.227 e. The maximum atomic E-state index is 11.6. The zero-order valence-corrected chi connectivity index (χ0v) is 13.2. The normalized spacial score (nSPS) is 10.8. The minimum absolute atomic E-state index is 0.106. The van der Waals surface area contributed by atoms with Crippen LogP contribution in [-0.4, -0.2) is 10.9 Å². The zero-order chi connectivity index (χ0) is 16.1. The van der Waals surface area contributed by atoms with Crippen molar-refractivity contribution in [1.29, 1.82) is 0 Å². The maximum absolute atomic E-state index is 11.6. The number of nitrogens with zero attached hydrogens (tertiary/aromatic N) is 1. The Morgan fingerprint density at radius 3 is 2.65 bits per heavy atom. The number of para-hydroxylation sites is 2. The van der Waals surface area contributed by atoms with Gasteiger partial charge >= 0.3 is 0 Å². The van der Waals surface area contributed by atoms with Crippen molar-refractivity contribution in [2.45, 2.75) is 32.7 Å². The third-order valence-electron chi connectivity index (χ3n) is 3.74. The van der Waals surface area contributed by atoms with Gasteiger partial charge in [0.25, 0.3) is 0 Å². The van der Waals surface area contributed by atoms with Gasteiger partial charge in [-0.3, -0.25) is 4.79 Å². The summed E-state index contributed by atoms with van der Waals surface area (Å²) in [7, 11) is 0. The van der Waals surface area contributed by atoms with Gasteiger partial charge in [0.05, 0.1) is 0 Å². The van der Waals surface area contributed by atoms with Crippen molar-refractivity contribution in [3.8, 4) is 11.5 Å². The van der Waals surface area contributed by atoms with E-state index in [2.05, 4.69) is 17.2 Å². The highest BCUT2D eigenvalue weighted by Crippen LogP contribution is 2.24. The molecule has 0 bridgehead atoms. The summed E-state index contributed by atoms with van der Waals surface area (Å²) in [5.74, 6) is 0.722. The molecule has 0 fully saturated rings. The van der Waals surface area contributed by atoms with Crippen LogP contribution >= 0.6 is 0 Å². The van der Waals surface area contributed by atoms with Gasteiger partial charge in [0.15, 0.2) is 5.58 Å². The number of hydrogen-bond donors (Lipinski definition) is 1. The van der Waals surface area contributed by atoms with E-state index in [1.807, 2.05) is 48.5 Å². The molecule has 0 saturated heterocycles. The van der Waals surface area contributed by atoms with E-state index in [1.54, 1.807) is 0 Å². The minimum atomic E-state index is 0.106. The van der Waals surface area contributed by atoms with E-state index in [9.17, 15) is 4.79 Å². The van der Waals surface area contributed by atoms with Crippen molar-refractivity contribution in [1.82, 2.24) is 10.3 Å². The van der Waals surface area contributed by atoms with Gasteiger partial charge in [-0.05, 0) is 36.2 Å². The molecule has 1 N–H and O–H groups in total. The van der Waals surface area contributed by atoms with Gasteiger partial charge < -0.3 is 9.73 Å². The number of benzene rings is 2.